The van der Waals surface area contributed by atoms with Crippen LogP contribution in [0, 0.1) is 6.92 Å². The number of anilines is 1. The molecule has 0 aliphatic carbocycles. The molecular formula is C14H19N5O3S2. The molecule has 130 valence electrons. The number of sulfonamides is 1. The SMILES string of the molecule is Cc1ccc(S(N)(=O)=O)cc1NC(=O)CSc1n[nH]c(C(C)C)n1. The molecule has 2 aromatic rings. The van der Waals surface area contributed by atoms with Gasteiger partial charge in [0.25, 0.3) is 0 Å². The quantitative estimate of drug-likeness (QED) is 0.663. The summed E-state index contributed by atoms with van der Waals surface area (Å²) < 4.78 is 22.8. The first-order chi connectivity index (χ1) is 11.2. The van der Waals surface area contributed by atoms with E-state index in [9.17, 15) is 13.2 Å². The van der Waals surface area contributed by atoms with Crippen molar-refractivity contribution in [1.82, 2.24) is 15.2 Å². The van der Waals surface area contributed by atoms with E-state index in [1.165, 1.54) is 23.9 Å². The Bertz CT molecular complexity index is 846. The standard InChI is InChI=1S/C14H19N5O3S2/c1-8(2)13-17-14(19-18-13)23-7-12(20)16-11-6-10(24(15,21)22)5-4-9(11)3/h4-6,8H,7H2,1-3H3,(H,16,20)(H2,15,21,22)(H,17,18,19). The molecule has 8 nitrogen and oxygen atoms in total. The van der Waals surface area contributed by atoms with Crippen LogP contribution in [0.25, 0.3) is 0 Å². The molecule has 0 fully saturated rings. The van der Waals surface area contributed by atoms with Crippen molar-refractivity contribution in [1.29, 1.82) is 0 Å². The Labute approximate surface area is 144 Å². The van der Waals surface area contributed by atoms with Gasteiger partial charge in [0, 0.05) is 11.6 Å². The van der Waals surface area contributed by atoms with Crippen molar-refractivity contribution in [3.05, 3.63) is 29.6 Å². The predicted molar refractivity (Wildman–Crippen MR) is 92.4 cm³/mol. The lowest BCUT2D eigenvalue weighted by Gasteiger charge is -2.09. The van der Waals surface area contributed by atoms with Gasteiger partial charge in [0.15, 0.2) is 0 Å². The van der Waals surface area contributed by atoms with E-state index in [1.54, 1.807) is 13.0 Å². The lowest BCUT2D eigenvalue weighted by Crippen LogP contribution is -2.17. The van der Waals surface area contributed by atoms with Crippen LogP contribution in [-0.2, 0) is 14.8 Å². The Balaban J connectivity index is 2.01. The molecule has 2 rings (SSSR count). The smallest absolute Gasteiger partial charge is 0.238 e. The van der Waals surface area contributed by atoms with E-state index >= 15 is 0 Å². The number of nitrogens with zero attached hydrogens (tertiary/aromatic N) is 2. The molecule has 1 aromatic heterocycles. The molecule has 0 radical (unpaired) electrons. The number of primary sulfonamides is 1. The molecule has 24 heavy (non-hydrogen) atoms. The number of hydrogen-bond acceptors (Lipinski definition) is 6. The molecule has 0 aliphatic rings. The number of aromatic amines is 1. The topological polar surface area (TPSA) is 131 Å². The lowest BCUT2D eigenvalue weighted by atomic mass is 10.2. The van der Waals surface area contributed by atoms with Crippen LogP contribution >= 0.6 is 11.8 Å². The van der Waals surface area contributed by atoms with Crippen molar-refractivity contribution < 1.29 is 13.2 Å². The number of rotatable bonds is 6. The van der Waals surface area contributed by atoms with Gasteiger partial charge >= 0.3 is 0 Å². The van der Waals surface area contributed by atoms with Crippen molar-refractivity contribution in [2.45, 2.75) is 36.7 Å². The van der Waals surface area contributed by atoms with E-state index in [0.717, 1.165) is 11.4 Å². The van der Waals surface area contributed by atoms with Gasteiger partial charge < -0.3 is 5.32 Å². The zero-order valence-electron chi connectivity index (χ0n) is 13.5. The maximum Gasteiger partial charge on any atom is 0.238 e. The molecule has 1 amide bonds. The Morgan fingerprint density at radius 3 is 2.71 bits per heavy atom. The zero-order chi connectivity index (χ0) is 17.9. The molecule has 0 saturated carbocycles. The maximum absolute atomic E-state index is 12.1. The fourth-order valence-electron chi connectivity index (χ4n) is 1.81. The normalized spacial score (nSPS) is 11.7. The summed E-state index contributed by atoms with van der Waals surface area (Å²) >= 11 is 1.19. The summed E-state index contributed by atoms with van der Waals surface area (Å²) in [6.45, 7) is 5.74. The Hall–Kier alpha value is -1.91. The third kappa shape index (κ3) is 4.79. The highest BCUT2D eigenvalue weighted by Crippen LogP contribution is 2.21. The molecular weight excluding hydrogens is 350 g/mol. The molecule has 0 bridgehead atoms. The summed E-state index contributed by atoms with van der Waals surface area (Å²) in [4.78, 5) is 16.3. The number of hydrogen-bond donors (Lipinski definition) is 3. The second-order valence-corrected chi connectivity index (χ2v) is 8.02. The van der Waals surface area contributed by atoms with Gasteiger partial charge in [-0.15, -0.1) is 5.10 Å². The fourth-order valence-corrected chi connectivity index (χ4v) is 2.96. The van der Waals surface area contributed by atoms with Crippen LogP contribution in [0.1, 0.15) is 31.2 Å². The van der Waals surface area contributed by atoms with Gasteiger partial charge in [-0.1, -0.05) is 31.7 Å². The fraction of sp³-hybridized carbons (Fsp3) is 0.357. The van der Waals surface area contributed by atoms with Gasteiger partial charge in [0.1, 0.15) is 5.82 Å². The largest absolute Gasteiger partial charge is 0.325 e. The number of carbonyl (C=O) groups excluding carboxylic acids is 1. The van der Waals surface area contributed by atoms with Gasteiger partial charge in [0.2, 0.25) is 21.1 Å². The highest BCUT2D eigenvalue weighted by atomic mass is 32.2. The van der Waals surface area contributed by atoms with Crippen LogP contribution in [0.4, 0.5) is 5.69 Å². The third-order valence-corrected chi connectivity index (χ3v) is 4.93. The number of thioether (sulfide) groups is 1. The van der Waals surface area contributed by atoms with Gasteiger partial charge in [-0.05, 0) is 24.6 Å². The van der Waals surface area contributed by atoms with Crippen LogP contribution in [0.5, 0.6) is 0 Å². The summed E-state index contributed by atoms with van der Waals surface area (Å²) in [5, 5.41) is 15.1. The second-order valence-electron chi connectivity index (χ2n) is 5.52. The molecule has 10 heteroatoms. The van der Waals surface area contributed by atoms with Crippen molar-refractivity contribution >= 4 is 33.4 Å². The van der Waals surface area contributed by atoms with Crippen molar-refractivity contribution in [2.75, 3.05) is 11.1 Å². The number of aromatic nitrogens is 3. The summed E-state index contributed by atoms with van der Waals surface area (Å²) in [5.74, 6) is 0.804. The predicted octanol–water partition coefficient (Wildman–Crippen LogP) is 1.61. The Morgan fingerprint density at radius 2 is 2.12 bits per heavy atom. The monoisotopic (exact) mass is 369 g/mol. The first-order valence-corrected chi connectivity index (χ1v) is 9.68. The molecule has 1 aromatic carbocycles. The van der Waals surface area contributed by atoms with Crippen LogP contribution < -0.4 is 10.5 Å². The molecule has 0 saturated heterocycles. The van der Waals surface area contributed by atoms with Crippen LogP contribution in [0.2, 0.25) is 0 Å². The zero-order valence-corrected chi connectivity index (χ0v) is 15.2. The third-order valence-electron chi connectivity index (χ3n) is 3.17. The van der Waals surface area contributed by atoms with Gasteiger partial charge in [-0.2, -0.15) is 0 Å². The minimum Gasteiger partial charge on any atom is -0.325 e. The molecule has 0 spiro atoms. The molecule has 1 heterocycles. The van der Waals surface area contributed by atoms with Crippen molar-refractivity contribution in [3.8, 4) is 0 Å². The van der Waals surface area contributed by atoms with Gasteiger partial charge in [-0.3, -0.25) is 9.89 Å². The summed E-state index contributed by atoms with van der Waals surface area (Å²) in [6, 6.07) is 4.33. The van der Waals surface area contributed by atoms with Gasteiger partial charge in [0.05, 0.1) is 10.6 Å². The van der Waals surface area contributed by atoms with Crippen LogP contribution in [0.3, 0.4) is 0 Å². The Kier molecular flexibility index (Phi) is 5.62. The lowest BCUT2D eigenvalue weighted by molar-refractivity contribution is -0.113. The first-order valence-electron chi connectivity index (χ1n) is 7.15. The van der Waals surface area contributed by atoms with Crippen LogP contribution in [0.15, 0.2) is 28.3 Å². The van der Waals surface area contributed by atoms with Gasteiger partial charge in [-0.25, -0.2) is 18.5 Å². The van der Waals surface area contributed by atoms with E-state index < -0.39 is 10.0 Å². The average Bonchev–Trinajstić information content (AvgIpc) is 2.95. The number of benzene rings is 1. The first kappa shape index (κ1) is 18.4. The van der Waals surface area contributed by atoms with E-state index in [2.05, 4.69) is 20.5 Å². The molecule has 0 aliphatic heterocycles. The molecule has 0 unspecified atom stereocenters. The summed E-state index contributed by atoms with van der Waals surface area (Å²) in [6.07, 6.45) is 0. The number of amides is 1. The number of carbonyl (C=O) groups is 1. The minimum absolute atomic E-state index is 0.0494. The summed E-state index contributed by atoms with van der Waals surface area (Å²) in [5.41, 5.74) is 1.14. The van der Waals surface area contributed by atoms with Crippen molar-refractivity contribution in [2.24, 2.45) is 5.14 Å². The van der Waals surface area contributed by atoms with E-state index in [1.807, 2.05) is 13.8 Å². The molecule has 4 N–H and O–H groups in total. The number of nitrogens with two attached hydrogens (primary N) is 1. The maximum atomic E-state index is 12.1. The average molecular weight is 369 g/mol. The van der Waals surface area contributed by atoms with E-state index in [-0.39, 0.29) is 22.5 Å². The minimum atomic E-state index is -3.82. The van der Waals surface area contributed by atoms with E-state index in [0.29, 0.717) is 10.8 Å². The number of H-pyrrole nitrogens is 1. The highest BCUT2D eigenvalue weighted by Gasteiger charge is 2.13. The highest BCUT2D eigenvalue weighted by molar-refractivity contribution is 7.99. The second kappa shape index (κ2) is 7.32. The van der Waals surface area contributed by atoms with Crippen LogP contribution in [-0.4, -0.2) is 35.3 Å². The van der Waals surface area contributed by atoms with E-state index in [4.69, 9.17) is 5.14 Å². The summed E-state index contributed by atoms with van der Waals surface area (Å²) in [7, 11) is -3.82. The number of nitrogens with one attached hydrogen (secondary N) is 2. The number of aryl methyl sites for hydroxylation is 1. The molecule has 0 atom stereocenters. The Morgan fingerprint density at radius 1 is 1.42 bits per heavy atom. The van der Waals surface area contributed by atoms with Crippen molar-refractivity contribution in [3.63, 3.8) is 0 Å².